The van der Waals surface area contributed by atoms with E-state index >= 15 is 0 Å². The first-order valence-electron chi connectivity index (χ1n) is 8.01. The van der Waals surface area contributed by atoms with Gasteiger partial charge in [0.25, 0.3) is 0 Å². The summed E-state index contributed by atoms with van der Waals surface area (Å²) in [5.41, 5.74) is 1.43. The summed E-state index contributed by atoms with van der Waals surface area (Å²) in [7, 11) is 0. The minimum atomic E-state index is -0.790. The summed E-state index contributed by atoms with van der Waals surface area (Å²) in [6.45, 7) is 0. The Labute approximate surface area is 165 Å². The summed E-state index contributed by atoms with van der Waals surface area (Å²) in [5.74, 6) is -1.12. The number of esters is 1. The normalized spacial score (nSPS) is 11.8. The second-order valence-corrected chi connectivity index (χ2v) is 6.61. The molecule has 1 heterocycles. The zero-order valence-electron chi connectivity index (χ0n) is 14.0. The second kappa shape index (κ2) is 8.29. The number of hydrogen-bond acceptors (Lipinski definition) is 5. The predicted octanol–water partition coefficient (Wildman–Crippen LogP) is 4.94. The quantitative estimate of drug-likeness (QED) is 0.465. The molecular formula is C20H15Cl2NO4. The minimum absolute atomic E-state index is 0.170. The van der Waals surface area contributed by atoms with Gasteiger partial charge < -0.3 is 14.9 Å². The molecule has 0 fully saturated rings. The molecule has 0 aliphatic heterocycles. The number of aromatic nitrogens is 1. The molecule has 0 amide bonds. The molecule has 3 rings (SSSR count). The number of hydrogen-bond donors (Lipinski definition) is 2. The summed E-state index contributed by atoms with van der Waals surface area (Å²) in [6, 6.07) is 12.7. The lowest BCUT2D eigenvalue weighted by Gasteiger charge is -2.20. The van der Waals surface area contributed by atoms with Gasteiger partial charge in [0.05, 0.1) is 15.6 Å². The third kappa shape index (κ3) is 4.51. The molecule has 27 heavy (non-hydrogen) atoms. The number of aromatic hydroxyl groups is 2. The van der Waals surface area contributed by atoms with Gasteiger partial charge in [0.1, 0.15) is 6.10 Å². The molecule has 0 saturated heterocycles. The summed E-state index contributed by atoms with van der Waals surface area (Å²) in [6.07, 6.45) is 2.28. The van der Waals surface area contributed by atoms with Crippen LogP contribution in [0.15, 0.2) is 60.9 Å². The van der Waals surface area contributed by atoms with Gasteiger partial charge >= 0.3 is 5.97 Å². The van der Waals surface area contributed by atoms with Crippen molar-refractivity contribution in [1.29, 1.82) is 0 Å². The van der Waals surface area contributed by atoms with Crippen molar-refractivity contribution in [1.82, 2.24) is 4.98 Å². The highest BCUT2D eigenvalue weighted by atomic mass is 35.5. The minimum Gasteiger partial charge on any atom is -0.504 e. The van der Waals surface area contributed by atoms with Crippen molar-refractivity contribution in [3.63, 3.8) is 0 Å². The number of rotatable bonds is 5. The van der Waals surface area contributed by atoms with Crippen molar-refractivity contribution < 1.29 is 19.7 Å². The fourth-order valence-electron chi connectivity index (χ4n) is 2.56. The highest BCUT2D eigenvalue weighted by Crippen LogP contribution is 2.34. The van der Waals surface area contributed by atoms with Crippen molar-refractivity contribution in [2.75, 3.05) is 0 Å². The third-order valence-corrected chi connectivity index (χ3v) is 4.62. The van der Waals surface area contributed by atoms with Crippen molar-refractivity contribution >= 4 is 29.2 Å². The number of phenols is 2. The van der Waals surface area contributed by atoms with Gasteiger partial charge in [-0.1, -0.05) is 47.5 Å². The average molecular weight is 404 g/mol. The van der Waals surface area contributed by atoms with Crippen LogP contribution in [0.2, 0.25) is 10.0 Å². The second-order valence-electron chi connectivity index (χ2n) is 5.79. The molecule has 7 heteroatoms. The Morgan fingerprint density at radius 3 is 2.30 bits per heavy atom. The van der Waals surface area contributed by atoms with E-state index in [-0.39, 0.29) is 17.9 Å². The lowest BCUT2D eigenvalue weighted by molar-refractivity contribution is 0.0297. The van der Waals surface area contributed by atoms with E-state index in [0.29, 0.717) is 26.7 Å². The maximum absolute atomic E-state index is 12.5. The zero-order valence-corrected chi connectivity index (χ0v) is 15.5. The number of phenolic OH excluding ortho intramolecular Hbond substituents is 2. The molecule has 0 aliphatic carbocycles. The Morgan fingerprint density at radius 1 is 1.00 bits per heavy atom. The predicted molar refractivity (Wildman–Crippen MR) is 102 cm³/mol. The van der Waals surface area contributed by atoms with Crippen LogP contribution in [0.1, 0.15) is 27.6 Å². The number of halogens is 2. The Balaban J connectivity index is 1.95. The van der Waals surface area contributed by atoms with Gasteiger partial charge in [-0.15, -0.1) is 0 Å². The first kappa shape index (κ1) is 19.0. The van der Waals surface area contributed by atoms with Gasteiger partial charge in [-0.05, 0) is 35.4 Å². The van der Waals surface area contributed by atoms with Crippen LogP contribution in [0.25, 0.3) is 0 Å². The van der Waals surface area contributed by atoms with Crippen LogP contribution >= 0.6 is 23.2 Å². The van der Waals surface area contributed by atoms with E-state index < -0.39 is 12.1 Å². The molecule has 1 atom stereocenters. The maximum atomic E-state index is 12.5. The molecule has 2 N–H and O–H groups in total. The molecule has 0 saturated carbocycles. The van der Waals surface area contributed by atoms with Gasteiger partial charge in [0, 0.05) is 18.8 Å². The Morgan fingerprint density at radius 2 is 1.67 bits per heavy atom. The van der Waals surface area contributed by atoms with Crippen molar-refractivity contribution in [3.05, 3.63) is 87.7 Å². The zero-order chi connectivity index (χ0) is 19.4. The first-order valence-corrected chi connectivity index (χ1v) is 8.77. The van der Waals surface area contributed by atoms with Crippen LogP contribution in [0.4, 0.5) is 0 Å². The first-order chi connectivity index (χ1) is 13.0. The van der Waals surface area contributed by atoms with Gasteiger partial charge in [0.2, 0.25) is 0 Å². The molecular weight excluding hydrogens is 389 g/mol. The van der Waals surface area contributed by atoms with Crippen LogP contribution < -0.4 is 0 Å². The molecule has 2 aromatic carbocycles. The number of benzene rings is 2. The molecule has 138 valence electrons. The van der Waals surface area contributed by atoms with E-state index in [1.807, 2.05) is 0 Å². The van der Waals surface area contributed by atoms with Gasteiger partial charge in [-0.3, -0.25) is 4.98 Å². The SMILES string of the molecule is O=C(OC(Cc1c(Cl)cncc1Cl)c1ccc(O)c(O)c1)c1ccccc1. The van der Waals surface area contributed by atoms with Gasteiger partial charge in [-0.25, -0.2) is 4.79 Å². The lowest BCUT2D eigenvalue weighted by Crippen LogP contribution is -2.14. The number of carbonyl (C=O) groups excluding carboxylic acids is 1. The van der Waals surface area contributed by atoms with E-state index in [1.54, 1.807) is 36.4 Å². The van der Waals surface area contributed by atoms with Crippen molar-refractivity contribution in [2.24, 2.45) is 0 Å². The topological polar surface area (TPSA) is 79.7 Å². The molecule has 0 bridgehead atoms. The summed E-state index contributed by atoms with van der Waals surface area (Å²) in [5, 5.41) is 20.1. The van der Waals surface area contributed by atoms with Gasteiger partial charge in [-0.2, -0.15) is 0 Å². The molecule has 0 spiro atoms. The fraction of sp³-hybridized carbons (Fsp3) is 0.100. The monoisotopic (exact) mass is 403 g/mol. The maximum Gasteiger partial charge on any atom is 0.338 e. The van der Waals surface area contributed by atoms with E-state index in [2.05, 4.69) is 4.98 Å². The molecule has 1 aromatic heterocycles. The van der Waals surface area contributed by atoms with Crippen molar-refractivity contribution in [3.8, 4) is 11.5 Å². The van der Waals surface area contributed by atoms with E-state index in [9.17, 15) is 15.0 Å². The highest BCUT2D eigenvalue weighted by molar-refractivity contribution is 6.35. The van der Waals surface area contributed by atoms with Crippen LogP contribution in [0.3, 0.4) is 0 Å². The number of carbonyl (C=O) groups is 1. The summed E-state index contributed by atoms with van der Waals surface area (Å²) in [4.78, 5) is 16.4. The van der Waals surface area contributed by atoms with Crippen molar-refractivity contribution in [2.45, 2.75) is 12.5 Å². The molecule has 0 radical (unpaired) electrons. The largest absolute Gasteiger partial charge is 0.504 e. The summed E-state index contributed by atoms with van der Waals surface area (Å²) < 4.78 is 5.66. The molecule has 1 unspecified atom stereocenters. The molecule has 5 nitrogen and oxygen atoms in total. The third-order valence-electron chi connectivity index (χ3n) is 3.97. The Kier molecular flexibility index (Phi) is 5.84. The standard InChI is InChI=1S/C20H15Cl2NO4/c21-15-10-23-11-16(22)14(15)9-19(13-6-7-17(24)18(25)8-13)27-20(26)12-4-2-1-3-5-12/h1-8,10-11,19,24-25H,9H2. The van der Waals surface area contributed by atoms with Crippen LogP contribution in [0.5, 0.6) is 11.5 Å². The number of nitrogens with zero attached hydrogens (tertiary/aromatic N) is 1. The van der Waals surface area contributed by atoms with E-state index in [0.717, 1.165) is 0 Å². The van der Waals surface area contributed by atoms with E-state index in [4.69, 9.17) is 27.9 Å². The smallest absolute Gasteiger partial charge is 0.338 e. The molecule has 3 aromatic rings. The fourth-order valence-corrected chi connectivity index (χ4v) is 3.08. The lowest BCUT2D eigenvalue weighted by atomic mass is 10.0. The van der Waals surface area contributed by atoms with E-state index in [1.165, 1.54) is 24.5 Å². The van der Waals surface area contributed by atoms with Gasteiger partial charge in [0.15, 0.2) is 11.5 Å². The Bertz CT molecular complexity index is 943. The highest BCUT2D eigenvalue weighted by Gasteiger charge is 2.22. The number of ether oxygens (including phenoxy) is 1. The molecule has 0 aliphatic rings. The van der Waals surface area contributed by atoms with Crippen LogP contribution in [0, 0.1) is 0 Å². The average Bonchev–Trinajstić information content (AvgIpc) is 2.66. The summed E-state index contributed by atoms with van der Waals surface area (Å²) >= 11 is 12.4. The van der Waals surface area contributed by atoms with Crippen LogP contribution in [-0.4, -0.2) is 21.2 Å². The van der Waals surface area contributed by atoms with Crippen LogP contribution in [-0.2, 0) is 11.2 Å². The Hall–Kier alpha value is -2.76. The number of pyridine rings is 1.